The number of hydrogen-bond donors (Lipinski definition) is 1. The van der Waals surface area contributed by atoms with Crippen molar-refractivity contribution in [1.29, 1.82) is 0 Å². The third kappa shape index (κ3) is 3.55. The number of fused-ring (bicyclic) bond motifs is 2. The van der Waals surface area contributed by atoms with Gasteiger partial charge in [0.1, 0.15) is 11.6 Å². The van der Waals surface area contributed by atoms with Crippen LogP contribution in [0.3, 0.4) is 0 Å². The molecule has 0 bridgehead atoms. The number of benzene rings is 1. The highest BCUT2D eigenvalue weighted by atomic mass is 32.2. The van der Waals surface area contributed by atoms with Gasteiger partial charge in [-0.3, -0.25) is 4.57 Å². The van der Waals surface area contributed by atoms with Crippen molar-refractivity contribution in [3.05, 3.63) is 40.4 Å². The first kappa shape index (κ1) is 19.6. The van der Waals surface area contributed by atoms with Gasteiger partial charge in [0.25, 0.3) is 0 Å². The lowest BCUT2D eigenvalue weighted by Gasteiger charge is -2.26. The van der Waals surface area contributed by atoms with Gasteiger partial charge in [-0.25, -0.2) is 17.9 Å². The number of alkyl halides is 3. The molecule has 3 aromatic rings. The summed E-state index contributed by atoms with van der Waals surface area (Å²) in [6.07, 6.45) is -4.29. The standard InChI is InChI=1S/C16H16F3N5O4S/c1-23-11-6-10(3-4-12(11)28-15(23)25)29(26,27)20-7-14-22-21-13-5-2-9(8-24(13)14)16(17,18)19/h3-4,6,9,20H,2,5,7-8H2,1H3. The summed E-state index contributed by atoms with van der Waals surface area (Å²) in [4.78, 5) is 11.4. The summed E-state index contributed by atoms with van der Waals surface area (Å²) in [7, 11) is -2.57. The predicted octanol–water partition coefficient (Wildman–Crippen LogP) is 1.33. The van der Waals surface area contributed by atoms with Crippen LogP contribution >= 0.6 is 0 Å². The van der Waals surface area contributed by atoms with Gasteiger partial charge < -0.3 is 8.98 Å². The van der Waals surface area contributed by atoms with Gasteiger partial charge in [0.05, 0.1) is 22.9 Å². The van der Waals surface area contributed by atoms with E-state index in [-0.39, 0.29) is 42.2 Å². The number of rotatable bonds is 4. The lowest BCUT2D eigenvalue weighted by Crippen LogP contribution is -2.34. The molecule has 1 N–H and O–H groups in total. The van der Waals surface area contributed by atoms with Crippen molar-refractivity contribution in [2.24, 2.45) is 13.0 Å². The molecule has 1 unspecified atom stereocenters. The van der Waals surface area contributed by atoms with Crippen LogP contribution < -0.4 is 10.5 Å². The van der Waals surface area contributed by atoms with Crippen molar-refractivity contribution in [3.63, 3.8) is 0 Å². The first-order valence-corrected chi connectivity index (χ1v) is 10.1. The van der Waals surface area contributed by atoms with Crippen molar-refractivity contribution in [3.8, 4) is 0 Å². The summed E-state index contributed by atoms with van der Waals surface area (Å²) in [5.41, 5.74) is 0.534. The van der Waals surface area contributed by atoms with E-state index in [4.69, 9.17) is 4.42 Å². The second-order valence-electron chi connectivity index (χ2n) is 6.80. The molecule has 2 aromatic heterocycles. The Kier molecular flexibility index (Phi) is 4.53. The van der Waals surface area contributed by atoms with E-state index in [0.29, 0.717) is 11.3 Å². The Morgan fingerprint density at radius 2 is 2.07 bits per heavy atom. The zero-order chi connectivity index (χ0) is 21.0. The molecule has 0 radical (unpaired) electrons. The molecule has 0 saturated carbocycles. The molecule has 0 spiro atoms. The fraction of sp³-hybridized carbons (Fsp3) is 0.438. The molecule has 0 aliphatic carbocycles. The molecule has 1 aliphatic rings. The highest BCUT2D eigenvalue weighted by Crippen LogP contribution is 2.34. The molecule has 1 aliphatic heterocycles. The van der Waals surface area contributed by atoms with Crippen LogP contribution in [0.5, 0.6) is 0 Å². The second kappa shape index (κ2) is 6.69. The molecular weight excluding hydrogens is 415 g/mol. The van der Waals surface area contributed by atoms with Gasteiger partial charge in [0.2, 0.25) is 10.0 Å². The molecule has 156 valence electrons. The highest BCUT2D eigenvalue weighted by molar-refractivity contribution is 7.89. The average Bonchev–Trinajstić information content (AvgIpc) is 3.19. The monoisotopic (exact) mass is 431 g/mol. The first-order valence-electron chi connectivity index (χ1n) is 8.63. The highest BCUT2D eigenvalue weighted by Gasteiger charge is 2.42. The van der Waals surface area contributed by atoms with Crippen LogP contribution in [0.2, 0.25) is 0 Å². The number of hydrogen-bond acceptors (Lipinski definition) is 6. The van der Waals surface area contributed by atoms with Gasteiger partial charge in [0, 0.05) is 20.0 Å². The van der Waals surface area contributed by atoms with Crippen molar-refractivity contribution in [2.75, 3.05) is 0 Å². The fourth-order valence-corrected chi connectivity index (χ4v) is 4.30. The molecule has 29 heavy (non-hydrogen) atoms. The normalized spacial score (nSPS) is 17.6. The maximum Gasteiger partial charge on any atom is 0.419 e. The number of nitrogens with zero attached hydrogens (tertiary/aromatic N) is 4. The SMILES string of the molecule is Cn1c(=O)oc2ccc(S(=O)(=O)NCc3nnc4n3CC(C(F)(F)F)CC4)cc21. The Bertz CT molecular complexity index is 1240. The first-order chi connectivity index (χ1) is 13.6. The Labute approximate surface area is 162 Å². The molecule has 9 nitrogen and oxygen atoms in total. The molecule has 3 heterocycles. The molecule has 1 aromatic carbocycles. The van der Waals surface area contributed by atoms with Crippen LogP contribution in [0, 0.1) is 5.92 Å². The Balaban J connectivity index is 1.56. The van der Waals surface area contributed by atoms with Crippen LogP contribution in [0.4, 0.5) is 13.2 Å². The Morgan fingerprint density at radius 3 is 2.79 bits per heavy atom. The molecule has 0 amide bonds. The fourth-order valence-electron chi connectivity index (χ4n) is 3.30. The van der Waals surface area contributed by atoms with Crippen LogP contribution in [0.1, 0.15) is 18.1 Å². The molecule has 1 atom stereocenters. The van der Waals surface area contributed by atoms with Crippen molar-refractivity contribution in [2.45, 2.75) is 37.0 Å². The summed E-state index contributed by atoms with van der Waals surface area (Å²) in [5, 5.41) is 7.70. The number of oxazole rings is 1. The molecular formula is C16H16F3N5O4S. The van der Waals surface area contributed by atoms with E-state index in [1.54, 1.807) is 0 Å². The zero-order valence-electron chi connectivity index (χ0n) is 15.1. The van der Waals surface area contributed by atoms with E-state index in [1.165, 1.54) is 34.4 Å². The largest absolute Gasteiger partial charge is 0.419 e. The number of aromatic nitrogens is 4. The maximum atomic E-state index is 13.0. The molecule has 4 rings (SSSR count). The quantitative estimate of drug-likeness (QED) is 0.667. The zero-order valence-corrected chi connectivity index (χ0v) is 15.9. The van der Waals surface area contributed by atoms with Crippen molar-refractivity contribution in [1.82, 2.24) is 24.1 Å². The van der Waals surface area contributed by atoms with Crippen LogP contribution in [0.25, 0.3) is 11.1 Å². The average molecular weight is 431 g/mol. The summed E-state index contributed by atoms with van der Waals surface area (Å²) in [6.45, 7) is -0.658. The Hall–Kier alpha value is -2.67. The minimum atomic E-state index is -4.34. The van der Waals surface area contributed by atoms with Gasteiger partial charge in [0.15, 0.2) is 5.58 Å². The number of aryl methyl sites for hydroxylation is 2. The lowest BCUT2D eigenvalue weighted by molar-refractivity contribution is -0.182. The second-order valence-corrected chi connectivity index (χ2v) is 8.57. The van der Waals surface area contributed by atoms with Crippen LogP contribution in [-0.4, -0.2) is 33.9 Å². The Morgan fingerprint density at radius 1 is 1.31 bits per heavy atom. The van der Waals surface area contributed by atoms with E-state index in [9.17, 15) is 26.4 Å². The lowest BCUT2D eigenvalue weighted by atomic mass is 9.99. The van der Waals surface area contributed by atoms with Crippen LogP contribution in [0.15, 0.2) is 32.3 Å². The predicted molar refractivity (Wildman–Crippen MR) is 93.4 cm³/mol. The summed E-state index contributed by atoms with van der Waals surface area (Å²) >= 11 is 0. The number of nitrogens with one attached hydrogen (secondary N) is 1. The van der Waals surface area contributed by atoms with Crippen molar-refractivity contribution < 1.29 is 26.0 Å². The molecule has 0 saturated heterocycles. The van der Waals surface area contributed by atoms with Gasteiger partial charge in [-0.2, -0.15) is 13.2 Å². The summed E-state index contributed by atoms with van der Waals surface area (Å²) in [5.74, 6) is -1.65. The van der Waals surface area contributed by atoms with Crippen molar-refractivity contribution >= 4 is 21.1 Å². The van der Waals surface area contributed by atoms with Crippen LogP contribution in [-0.2, 0) is 36.6 Å². The molecule has 0 fully saturated rings. The molecule has 13 heteroatoms. The van der Waals surface area contributed by atoms with E-state index in [0.717, 1.165) is 0 Å². The third-order valence-corrected chi connectivity index (χ3v) is 6.38. The minimum Gasteiger partial charge on any atom is -0.408 e. The number of sulfonamides is 1. The smallest absolute Gasteiger partial charge is 0.408 e. The van der Waals surface area contributed by atoms with Gasteiger partial charge in [-0.15, -0.1) is 10.2 Å². The topological polar surface area (TPSA) is 112 Å². The van der Waals surface area contributed by atoms with E-state index >= 15 is 0 Å². The van der Waals surface area contributed by atoms with Gasteiger partial charge in [-0.05, 0) is 24.6 Å². The van der Waals surface area contributed by atoms with E-state index in [2.05, 4.69) is 14.9 Å². The minimum absolute atomic E-state index is 0.0726. The van der Waals surface area contributed by atoms with E-state index < -0.39 is 27.9 Å². The summed E-state index contributed by atoms with van der Waals surface area (Å²) < 4.78 is 74.1. The number of halogens is 3. The van der Waals surface area contributed by atoms with Gasteiger partial charge in [-0.1, -0.05) is 0 Å². The van der Waals surface area contributed by atoms with E-state index in [1.807, 2.05) is 0 Å². The summed E-state index contributed by atoms with van der Waals surface area (Å²) in [6, 6.07) is 3.91. The van der Waals surface area contributed by atoms with Gasteiger partial charge >= 0.3 is 11.9 Å². The third-order valence-electron chi connectivity index (χ3n) is 4.98. The maximum absolute atomic E-state index is 13.0.